The lowest BCUT2D eigenvalue weighted by Crippen LogP contribution is -2.46. The van der Waals surface area contributed by atoms with Crippen LogP contribution in [0.5, 0.6) is 5.75 Å². The number of benzene rings is 3. The number of hydrogen-bond donors (Lipinski definition) is 1. The van der Waals surface area contributed by atoms with Crippen LogP contribution in [0, 0.1) is 5.41 Å². The number of halogens is 6. The number of alkyl halides is 6. The molecule has 188 valence electrons. The van der Waals surface area contributed by atoms with Crippen molar-refractivity contribution in [1.29, 1.82) is 0 Å². The van der Waals surface area contributed by atoms with Crippen molar-refractivity contribution in [2.45, 2.75) is 44.1 Å². The van der Waals surface area contributed by atoms with Gasteiger partial charge in [-0.15, -0.1) is 0 Å². The minimum absolute atomic E-state index is 0.0420. The maximum Gasteiger partial charge on any atom is 0.432 e. The number of fused-ring (bicyclic) bond motifs is 1. The molecule has 1 unspecified atom stereocenters. The second kappa shape index (κ2) is 8.01. The summed E-state index contributed by atoms with van der Waals surface area (Å²) in [6.45, 7) is 1.88. The van der Waals surface area contributed by atoms with Crippen LogP contribution in [-0.2, 0) is 23.0 Å². The van der Waals surface area contributed by atoms with E-state index in [0.717, 1.165) is 31.0 Å². The largest absolute Gasteiger partial charge is 0.472 e. The molecule has 5 rings (SSSR count). The molecular weight excluding hydrogens is 484 g/mol. The van der Waals surface area contributed by atoms with Gasteiger partial charge in [-0.2, -0.15) is 26.3 Å². The first kappa shape index (κ1) is 24.2. The second-order valence-corrected chi connectivity index (χ2v) is 9.60. The van der Waals surface area contributed by atoms with E-state index in [1.54, 1.807) is 36.4 Å². The van der Waals surface area contributed by atoms with Crippen LogP contribution in [-0.4, -0.2) is 12.1 Å². The molecule has 0 aromatic heterocycles. The molecular formula is C27H21F6NO2. The number of hydrogen-bond acceptors (Lipinski definition) is 2. The van der Waals surface area contributed by atoms with E-state index in [0.29, 0.717) is 22.9 Å². The van der Waals surface area contributed by atoms with E-state index >= 15 is 0 Å². The summed E-state index contributed by atoms with van der Waals surface area (Å²) in [5.41, 5.74) is -3.05. The molecule has 1 heterocycles. The normalized spacial score (nSPS) is 20.4. The van der Waals surface area contributed by atoms with E-state index < -0.39 is 35.5 Å². The lowest BCUT2D eigenvalue weighted by molar-refractivity contribution is -0.248. The van der Waals surface area contributed by atoms with E-state index in [9.17, 15) is 31.1 Å². The molecule has 9 heteroatoms. The number of carbonyl (C=O) groups is 1. The van der Waals surface area contributed by atoms with Crippen LogP contribution in [0.25, 0.3) is 11.1 Å². The van der Waals surface area contributed by atoms with Gasteiger partial charge >= 0.3 is 12.4 Å². The van der Waals surface area contributed by atoms with Crippen molar-refractivity contribution in [2.24, 2.45) is 5.41 Å². The van der Waals surface area contributed by atoms with Crippen molar-refractivity contribution < 1.29 is 35.9 Å². The summed E-state index contributed by atoms with van der Waals surface area (Å²) in [7, 11) is 0. The zero-order chi connectivity index (χ0) is 25.9. The van der Waals surface area contributed by atoms with Gasteiger partial charge in [-0.05, 0) is 65.9 Å². The van der Waals surface area contributed by atoms with Gasteiger partial charge in [0.15, 0.2) is 0 Å². The first-order valence-corrected chi connectivity index (χ1v) is 11.3. The van der Waals surface area contributed by atoms with Crippen LogP contribution in [0.2, 0.25) is 0 Å². The summed E-state index contributed by atoms with van der Waals surface area (Å²) in [6, 6.07) is 14.6. The van der Waals surface area contributed by atoms with Gasteiger partial charge < -0.3 is 10.1 Å². The van der Waals surface area contributed by atoms with Crippen molar-refractivity contribution >= 4 is 11.6 Å². The Labute approximate surface area is 203 Å². The standard InChI is InChI=1S/C27H21F6NO2/c1-24(10-11-24)23(35)34-21-7-2-4-16(13-21)17-8-9-22-18(12-17)15-25(36-22,27(31,32)33)19-5-3-6-20(14-19)26(28,29)30/h2-9,12-14H,10-11,15H2,1H3,(H,34,35). The number of anilines is 1. The van der Waals surface area contributed by atoms with Crippen molar-refractivity contribution in [3.05, 3.63) is 83.4 Å². The fourth-order valence-electron chi connectivity index (χ4n) is 4.39. The number of rotatable bonds is 4. The van der Waals surface area contributed by atoms with E-state index in [1.807, 2.05) is 6.92 Å². The van der Waals surface area contributed by atoms with Crippen molar-refractivity contribution in [3.63, 3.8) is 0 Å². The Bertz CT molecular complexity index is 1340. The third kappa shape index (κ3) is 4.20. The Morgan fingerprint density at radius 1 is 0.889 bits per heavy atom. The fourth-order valence-corrected chi connectivity index (χ4v) is 4.39. The summed E-state index contributed by atoms with van der Waals surface area (Å²) in [5, 5.41) is 2.87. The van der Waals surface area contributed by atoms with E-state index in [1.165, 1.54) is 6.07 Å². The lowest BCUT2D eigenvalue weighted by Gasteiger charge is -2.32. The number of ether oxygens (including phenoxy) is 1. The molecule has 1 atom stereocenters. The first-order chi connectivity index (χ1) is 16.8. The summed E-state index contributed by atoms with van der Waals surface area (Å²) >= 11 is 0. The minimum Gasteiger partial charge on any atom is -0.472 e. The molecule has 36 heavy (non-hydrogen) atoms. The van der Waals surface area contributed by atoms with Gasteiger partial charge in [0, 0.05) is 23.1 Å². The molecule has 1 aliphatic carbocycles. The molecule has 1 fully saturated rings. The second-order valence-electron chi connectivity index (χ2n) is 9.60. The Morgan fingerprint density at radius 2 is 1.58 bits per heavy atom. The SMILES string of the molecule is CC1(C(=O)Nc2cccc(-c3ccc4c(c3)CC(c3cccc(C(F)(F)F)c3)(C(F)(F)F)O4)c2)CC1. The highest BCUT2D eigenvalue weighted by Gasteiger charge is 2.61. The summed E-state index contributed by atoms with van der Waals surface area (Å²) < 4.78 is 88.1. The van der Waals surface area contributed by atoms with Crippen LogP contribution in [0.1, 0.15) is 36.5 Å². The summed E-state index contributed by atoms with van der Waals surface area (Å²) in [6.07, 6.45) is -8.81. The smallest absolute Gasteiger partial charge is 0.432 e. The molecule has 0 saturated heterocycles. The monoisotopic (exact) mass is 505 g/mol. The van der Waals surface area contributed by atoms with Crippen molar-refractivity contribution in [1.82, 2.24) is 0 Å². The van der Waals surface area contributed by atoms with Crippen LogP contribution >= 0.6 is 0 Å². The van der Waals surface area contributed by atoms with Gasteiger partial charge in [0.1, 0.15) is 5.75 Å². The summed E-state index contributed by atoms with van der Waals surface area (Å²) in [5.74, 6) is -0.127. The highest BCUT2D eigenvalue weighted by molar-refractivity contribution is 5.97. The van der Waals surface area contributed by atoms with Gasteiger partial charge in [0.25, 0.3) is 0 Å². The Morgan fingerprint density at radius 3 is 2.25 bits per heavy atom. The molecule has 2 aliphatic rings. The first-order valence-electron chi connectivity index (χ1n) is 11.3. The maximum absolute atomic E-state index is 14.3. The minimum atomic E-state index is -4.97. The third-order valence-corrected chi connectivity index (χ3v) is 6.90. The van der Waals surface area contributed by atoms with Crippen molar-refractivity contribution in [3.8, 4) is 16.9 Å². The maximum atomic E-state index is 14.3. The summed E-state index contributed by atoms with van der Waals surface area (Å²) in [4.78, 5) is 12.4. The number of nitrogens with one attached hydrogen (secondary N) is 1. The molecule has 0 spiro atoms. The molecule has 0 bridgehead atoms. The zero-order valence-corrected chi connectivity index (χ0v) is 19.1. The van der Waals surface area contributed by atoms with Crippen LogP contribution in [0.4, 0.5) is 32.0 Å². The highest BCUT2D eigenvalue weighted by atomic mass is 19.4. The molecule has 1 aliphatic heterocycles. The lowest BCUT2D eigenvalue weighted by atomic mass is 9.87. The molecule has 1 N–H and O–H groups in total. The predicted molar refractivity (Wildman–Crippen MR) is 121 cm³/mol. The van der Waals surface area contributed by atoms with Crippen LogP contribution in [0.15, 0.2) is 66.7 Å². The van der Waals surface area contributed by atoms with E-state index in [2.05, 4.69) is 5.32 Å². The molecule has 0 radical (unpaired) electrons. The van der Waals surface area contributed by atoms with Gasteiger partial charge in [-0.3, -0.25) is 4.79 Å². The number of amides is 1. The molecule has 3 nitrogen and oxygen atoms in total. The van der Waals surface area contributed by atoms with E-state index in [-0.39, 0.29) is 22.6 Å². The predicted octanol–water partition coefficient (Wildman–Crippen LogP) is 7.50. The average molecular weight is 505 g/mol. The van der Waals surface area contributed by atoms with E-state index in [4.69, 9.17) is 4.74 Å². The van der Waals surface area contributed by atoms with Crippen LogP contribution < -0.4 is 10.1 Å². The highest BCUT2D eigenvalue weighted by Crippen LogP contribution is 2.52. The zero-order valence-electron chi connectivity index (χ0n) is 19.1. The van der Waals surface area contributed by atoms with Gasteiger partial charge in [-0.25, -0.2) is 0 Å². The number of carbonyl (C=O) groups excluding carboxylic acids is 1. The topological polar surface area (TPSA) is 38.3 Å². The molecule has 3 aromatic carbocycles. The van der Waals surface area contributed by atoms with Crippen molar-refractivity contribution in [2.75, 3.05) is 5.32 Å². The van der Waals surface area contributed by atoms with Gasteiger partial charge in [0.2, 0.25) is 11.5 Å². The molecule has 1 amide bonds. The van der Waals surface area contributed by atoms with Crippen LogP contribution in [0.3, 0.4) is 0 Å². The van der Waals surface area contributed by atoms with Gasteiger partial charge in [-0.1, -0.05) is 37.3 Å². The third-order valence-electron chi connectivity index (χ3n) is 6.90. The molecule has 3 aromatic rings. The Kier molecular flexibility index (Phi) is 5.39. The van der Waals surface area contributed by atoms with Gasteiger partial charge in [0.05, 0.1) is 5.56 Å². The average Bonchev–Trinajstić information content (AvgIpc) is 3.44. The Hall–Kier alpha value is -3.49. The quantitative estimate of drug-likeness (QED) is 0.373. The fraction of sp³-hybridized carbons (Fsp3) is 0.296. The Balaban J connectivity index is 1.47. The molecule has 1 saturated carbocycles.